The van der Waals surface area contributed by atoms with Crippen molar-refractivity contribution in [2.75, 3.05) is 18.1 Å². The van der Waals surface area contributed by atoms with Crippen LogP contribution in [0.4, 0.5) is 0 Å². The van der Waals surface area contributed by atoms with Gasteiger partial charge >= 0.3 is 0 Å². The number of nitrogens with one attached hydrogen (secondary N) is 1. The van der Waals surface area contributed by atoms with Crippen molar-refractivity contribution >= 4 is 26.6 Å². The molecule has 2 heterocycles. The number of hydrogen-bond acceptors (Lipinski definition) is 5. The van der Waals surface area contributed by atoms with Gasteiger partial charge in [-0.05, 0) is 25.0 Å². The first-order chi connectivity index (χ1) is 12.9. The van der Waals surface area contributed by atoms with Crippen molar-refractivity contribution in [3.05, 3.63) is 40.4 Å². The Kier molecular flexibility index (Phi) is 5.94. The van der Waals surface area contributed by atoms with E-state index in [1.54, 1.807) is 23.1 Å². The minimum atomic E-state index is -3.05. The first-order valence-electron chi connectivity index (χ1n) is 9.37. The molecule has 0 bridgehead atoms. The quantitative estimate of drug-likeness (QED) is 0.774. The van der Waals surface area contributed by atoms with E-state index in [-0.39, 0.29) is 35.4 Å². The van der Waals surface area contributed by atoms with Crippen LogP contribution in [-0.4, -0.2) is 53.3 Å². The third-order valence-electron chi connectivity index (χ3n) is 4.96. The lowest BCUT2D eigenvalue weighted by Gasteiger charge is -2.28. The maximum absolute atomic E-state index is 12.8. The zero-order valence-corrected chi connectivity index (χ0v) is 16.3. The standard InChI is InChI=1S/C19H25N3O4S/c1-2-3-11-22(14-10-12-27(25,26)13-14)18(23)9-8-17-20-16-7-5-4-6-15(16)19(24)21-17/h4-7,14H,2-3,8-13H2,1H3,(H,20,21,24). The molecule has 3 rings (SSSR count). The fraction of sp³-hybridized carbons (Fsp3) is 0.526. The number of nitrogens with zero attached hydrogens (tertiary/aromatic N) is 2. The number of aromatic nitrogens is 2. The van der Waals surface area contributed by atoms with Crippen molar-refractivity contribution in [3.8, 4) is 0 Å². The maximum Gasteiger partial charge on any atom is 0.258 e. The molecule has 1 N–H and O–H groups in total. The van der Waals surface area contributed by atoms with Crippen LogP contribution in [0.2, 0.25) is 0 Å². The van der Waals surface area contributed by atoms with Crippen molar-refractivity contribution in [2.45, 2.75) is 45.1 Å². The maximum atomic E-state index is 12.8. The number of unbranched alkanes of at least 4 members (excludes halogenated alkanes) is 1. The number of sulfone groups is 1. The van der Waals surface area contributed by atoms with E-state index in [0.29, 0.717) is 36.1 Å². The molecule has 7 nitrogen and oxygen atoms in total. The summed E-state index contributed by atoms with van der Waals surface area (Å²) in [4.78, 5) is 33.8. The molecule has 8 heteroatoms. The van der Waals surface area contributed by atoms with Crippen LogP contribution >= 0.6 is 0 Å². The lowest BCUT2D eigenvalue weighted by Crippen LogP contribution is -2.42. The van der Waals surface area contributed by atoms with Gasteiger partial charge in [0, 0.05) is 25.4 Å². The van der Waals surface area contributed by atoms with Crippen LogP contribution < -0.4 is 5.56 Å². The van der Waals surface area contributed by atoms with Gasteiger partial charge in [-0.3, -0.25) is 9.59 Å². The summed E-state index contributed by atoms with van der Waals surface area (Å²) in [5.74, 6) is 0.587. The van der Waals surface area contributed by atoms with Crippen LogP contribution in [0.15, 0.2) is 29.1 Å². The summed E-state index contributed by atoms with van der Waals surface area (Å²) in [5, 5.41) is 0.522. The van der Waals surface area contributed by atoms with Crippen molar-refractivity contribution in [1.29, 1.82) is 0 Å². The average Bonchev–Trinajstić information content (AvgIpc) is 3.00. The van der Waals surface area contributed by atoms with Gasteiger partial charge < -0.3 is 9.88 Å². The summed E-state index contributed by atoms with van der Waals surface area (Å²) in [6.07, 6.45) is 2.79. The zero-order chi connectivity index (χ0) is 19.4. The SMILES string of the molecule is CCCCN(C(=O)CCc1nc2ccccc2c(=O)[nH]1)C1CCS(=O)(=O)C1. The minimum absolute atomic E-state index is 0.0491. The Bertz CT molecular complexity index is 984. The van der Waals surface area contributed by atoms with Crippen LogP contribution in [0.25, 0.3) is 10.9 Å². The molecule has 0 spiro atoms. The van der Waals surface area contributed by atoms with Gasteiger partial charge in [-0.15, -0.1) is 0 Å². The number of aromatic amines is 1. The topological polar surface area (TPSA) is 100 Å². The molecule has 2 aromatic rings. The molecule has 146 valence electrons. The van der Waals surface area contributed by atoms with Crippen molar-refractivity contribution in [1.82, 2.24) is 14.9 Å². The van der Waals surface area contributed by atoms with Gasteiger partial charge in [0.2, 0.25) is 5.91 Å². The largest absolute Gasteiger partial charge is 0.339 e. The molecule has 1 unspecified atom stereocenters. The molecule has 1 fully saturated rings. The van der Waals surface area contributed by atoms with Gasteiger partial charge in [0.05, 0.1) is 22.4 Å². The smallest absolute Gasteiger partial charge is 0.258 e. The Morgan fingerprint density at radius 2 is 2.11 bits per heavy atom. The Morgan fingerprint density at radius 1 is 1.33 bits per heavy atom. The van der Waals surface area contributed by atoms with E-state index in [2.05, 4.69) is 9.97 Å². The van der Waals surface area contributed by atoms with E-state index in [0.717, 1.165) is 12.8 Å². The van der Waals surface area contributed by atoms with E-state index in [1.807, 2.05) is 13.0 Å². The Morgan fingerprint density at radius 3 is 2.81 bits per heavy atom. The number of fused-ring (bicyclic) bond motifs is 1. The number of H-pyrrole nitrogens is 1. The van der Waals surface area contributed by atoms with Gasteiger partial charge in [-0.2, -0.15) is 0 Å². The van der Waals surface area contributed by atoms with Gasteiger partial charge in [0.15, 0.2) is 9.84 Å². The Labute approximate surface area is 158 Å². The summed E-state index contributed by atoms with van der Waals surface area (Å²) >= 11 is 0. The third kappa shape index (κ3) is 4.74. The van der Waals surface area contributed by atoms with Crippen LogP contribution in [0.5, 0.6) is 0 Å². The zero-order valence-electron chi connectivity index (χ0n) is 15.5. The molecule has 1 atom stereocenters. The highest BCUT2D eigenvalue weighted by molar-refractivity contribution is 7.91. The molecule has 1 saturated heterocycles. The normalized spacial score (nSPS) is 18.6. The van der Waals surface area contributed by atoms with Gasteiger partial charge in [0.1, 0.15) is 5.82 Å². The lowest BCUT2D eigenvalue weighted by molar-refractivity contribution is -0.133. The summed E-state index contributed by atoms with van der Waals surface area (Å²) in [6.45, 7) is 2.61. The minimum Gasteiger partial charge on any atom is -0.339 e. The highest BCUT2D eigenvalue weighted by Gasteiger charge is 2.34. The molecule has 0 saturated carbocycles. The summed E-state index contributed by atoms with van der Waals surface area (Å²) in [6, 6.07) is 6.84. The number of rotatable bonds is 7. The highest BCUT2D eigenvalue weighted by atomic mass is 32.2. The van der Waals surface area contributed by atoms with Gasteiger partial charge in [-0.1, -0.05) is 25.5 Å². The molecule has 1 aromatic carbocycles. The summed E-state index contributed by atoms with van der Waals surface area (Å²) in [7, 11) is -3.05. The predicted molar refractivity (Wildman–Crippen MR) is 104 cm³/mol. The molecule has 1 aliphatic rings. The molecule has 1 amide bonds. The number of aryl methyl sites for hydroxylation is 1. The monoisotopic (exact) mass is 391 g/mol. The average molecular weight is 391 g/mol. The van der Waals surface area contributed by atoms with E-state index >= 15 is 0 Å². The molecular formula is C19H25N3O4S. The molecule has 1 aliphatic heterocycles. The first kappa shape index (κ1) is 19.5. The van der Waals surface area contributed by atoms with Crippen molar-refractivity contribution < 1.29 is 13.2 Å². The molecule has 1 aromatic heterocycles. The second-order valence-corrected chi connectivity index (χ2v) is 9.26. The Balaban J connectivity index is 1.71. The number of carbonyl (C=O) groups is 1. The molecular weight excluding hydrogens is 366 g/mol. The fourth-order valence-electron chi connectivity index (χ4n) is 3.48. The van der Waals surface area contributed by atoms with Crippen LogP contribution in [-0.2, 0) is 21.1 Å². The molecule has 0 radical (unpaired) electrons. The Hall–Kier alpha value is -2.22. The lowest BCUT2D eigenvalue weighted by atomic mass is 10.1. The van der Waals surface area contributed by atoms with Crippen molar-refractivity contribution in [2.24, 2.45) is 0 Å². The number of carbonyl (C=O) groups excluding carboxylic acids is 1. The molecule has 0 aliphatic carbocycles. The first-order valence-corrected chi connectivity index (χ1v) is 11.2. The highest BCUT2D eigenvalue weighted by Crippen LogP contribution is 2.20. The van der Waals surface area contributed by atoms with E-state index in [4.69, 9.17) is 0 Å². The summed E-state index contributed by atoms with van der Waals surface area (Å²) in [5.41, 5.74) is 0.390. The second kappa shape index (κ2) is 8.21. The number of hydrogen-bond donors (Lipinski definition) is 1. The van der Waals surface area contributed by atoms with Crippen LogP contribution in [0, 0.1) is 0 Å². The third-order valence-corrected chi connectivity index (χ3v) is 6.71. The number of benzene rings is 1. The van der Waals surface area contributed by atoms with E-state index in [1.165, 1.54) is 0 Å². The molecule has 27 heavy (non-hydrogen) atoms. The van der Waals surface area contributed by atoms with Gasteiger partial charge in [-0.25, -0.2) is 13.4 Å². The predicted octanol–water partition coefficient (Wildman–Crippen LogP) is 1.67. The second-order valence-electron chi connectivity index (χ2n) is 7.03. The van der Waals surface area contributed by atoms with Gasteiger partial charge in [0.25, 0.3) is 5.56 Å². The number of para-hydroxylation sites is 1. The number of amides is 1. The summed E-state index contributed by atoms with van der Waals surface area (Å²) < 4.78 is 23.6. The van der Waals surface area contributed by atoms with Crippen molar-refractivity contribution in [3.63, 3.8) is 0 Å². The van der Waals surface area contributed by atoms with E-state index < -0.39 is 9.84 Å². The van der Waals surface area contributed by atoms with Crippen LogP contribution in [0.1, 0.15) is 38.4 Å². The fourth-order valence-corrected chi connectivity index (χ4v) is 5.21. The van der Waals surface area contributed by atoms with E-state index in [9.17, 15) is 18.0 Å². The van der Waals surface area contributed by atoms with Crippen LogP contribution in [0.3, 0.4) is 0 Å².